The van der Waals surface area contributed by atoms with E-state index in [0.717, 1.165) is 11.2 Å². The van der Waals surface area contributed by atoms with Crippen molar-refractivity contribution in [3.63, 3.8) is 0 Å². The molecule has 1 aliphatic rings. The lowest BCUT2D eigenvalue weighted by atomic mass is 10.0. The average molecular weight is 186 g/mol. The topological polar surface area (TPSA) is 0 Å². The van der Waals surface area contributed by atoms with Crippen LogP contribution in [0.4, 0.5) is 0 Å². The lowest BCUT2D eigenvalue weighted by Crippen LogP contribution is -2.02. The fourth-order valence-corrected chi connectivity index (χ4v) is 2.82. The summed E-state index contributed by atoms with van der Waals surface area (Å²) in [6, 6.07) is 0. The molecule has 0 aliphatic heterocycles. The van der Waals surface area contributed by atoms with Gasteiger partial charge in [-0.2, -0.15) is 11.8 Å². The van der Waals surface area contributed by atoms with E-state index in [0.29, 0.717) is 0 Å². The van der Waals surface area contributed by atoms with E-state index in [1.54, 1.807) is 0 Å². The Morgan fingerprint density at radius 2 is 2.08 bits per heavy atom. The van der Waals surface area contributed by atoms with Crippen molar-refractivity contribution in [3.8, 4) is 0 Å². The summed E-state index contributed by atoms with van der Waals surface area (Å²) in [5.41, 5.74) is 0. The van der Waals surface area contributed by atoms with Gasteiger partial charge in [-0.05, 0) is 30.9 Å². The number of unbranched alkanes of at least 4 members (excludes halogenated alkanes) is 1. The Balaban J connectivity index is 1.98. The van der Waals surface area contributed by atoms with Gasteiger partial charge in [-0.15, -0.1) is 0 Å². The Labute approximate surface area is 81.5 Å². The summed E-state index contributed by atoms with van der Waals surface area (Å²) in [4.78, 5) is 0. The number of rotatable bonds is 7. The van der Waals surface area contributed by atoms with Gasteiger partial charge in [0.25, 0.3) is 0 Å². The van der Waals surface area contributed by atoms with Crippen molar-refractivity contribution in [2.75, 3.05) is 5.75 Å². The second-order valence-corrected chi connectivity index (χ2v) is 5.28. The number of hydrogen-bond donors (Lipinski definition) is 0. The molecular weight excluding hydrogens is 164 g/mol. The Morgan fingerprint density at radius 3 is 2.58 bits per heavy atom. The zero-order valence-electron chi connectivity index (χ0n) is 8.51. The quantitative estimate of drug-likeness (QED) is 0.577. The molecule has 0 radical (unpaired) electrons. The third kappa shape index (κ3) is 4.39. The predicted octanol–water partition coefficient (Wildman–Crippen LogP) is 4.10. The maximum Gasteiger partial charge on any atom is 0.00479 e. The molecule has 1 aliphatic carbocycles. The van der Waals surface area contributed by atoms with Crippen LogP contribution in [0.3, 0.4) is 0 Å². The van der Waals surface area contributed by atoms with Gasteiger partial charge < -0.3 is 0 Å². The van der Waals surface area contributed by atoms with Crippen LogP contribution in [-0.4, -0.2) is 11.0 Å². The van der Waals surface area contributed by atoms with E-state index in [-0.39, 0.29) is 0 Å². The zero-order valence-corrected chi connectivity index (χ0v) is 9.33. The molecule has 1 atom stereocenters. The molecule has 0 N–H and O–H groups in total. The van der Waals surface area contributed by atoms with Gasteiger partial charge in [0.15, 0.2) is 0 Å². The second kappa shape index (κ2) is 5.90. The van der Waals surface area contributed by atoms with Crippen molar-refractivity contribution in [3.05, 3.63) is 0 Å². The van der Waals surface area contributed by atoms with E-state index in [1.807, 2.05) is 0 Å². The molecule has 1 rings (SSSR count). The number of thioether (sulfide) groups is 1. The van der Waals surface area contributed by atoms with Gasteiger partial charge in [0.1, 0.15) is 0 Å². The molecule has 0 aromatic rings. The highest BCUT2D eigenvalue weighted by Gasteiger charge is 2.22. The third-order valence-corrected chi connectivity index (χ3v) is 4.24. The van der Waals surface area contributed by atoms with E-state index in [2.05, 4.69) is 25.6 Å². The normalized spacial score (nSPS) is 19.5. The summed E-state index contributed by atoms with van der Waals surface area (Å²) < 4.78 is 0. The van der Waals surface area contributed by atoms with Crippen molar-refractivity contribution >= 4 is 11.8 Å². The molecule has 0 saturated heterocycles. The average Bonchev–Trinajstić information content (AvgIpc) is 2.89. The monoisotopic (exact) mass is 186 g/mol. The molecule has 0 aromatic heterocycles. The van der Waals surface area contributed by atoms with Gasteiger partial charge in [-0.1, -0.05) is 33.1 Å². The fourth-order valence-electron chi connectivity index (χ4n) is 1.40. The van der Waals surface area contributed by atoms with Crippen LogP contribution in [0.2, 0.25) is 0 Å². The lowest BCUT2D eigenvalue weighted by molar-refractivity contribution is 0.499. The summed E-state index contributed by atoms with van der Waals surface area (Å²) >= 11 is 2.23. The molecule has 1 unspecified atom stereocenters. The van der Waals surface area contributed by atoms with Gasteiger partial charge in [0.05, 0.1) is 0 Å². The minimum atomic E-state index is 1.01. The van der Waals surface area contributed by atoms with E-state index < -0.39 is 0 Å². The van der Waals surface area contributed by atoms with Gasteiger partial charge in [0, 0.05) is 5.25 Å². The van der Waals surface area contributed by atoms with Gasteiger partial charge in [-0.3, -0.25) is 0 Å². The minimum Gasteiger partial charge on any atom is -0.158 e. The van der Waals surface area contributed by atoms with Crippen molar-refractivity contribution < 1.29 is 0 Å². The van der Waals surface area contributed by atoms with Crippen molar-refractivity contribution in [1.82, 2.24) is 0 Å². The highest BCUT2D eigenvalue weighted by molar-refractivity contribution is 8.00. The molecule has 0 spiro atoms. The van der Waals surface area contributed by atoms with Gasteiger partial charge >= 0.3 is 0 Å². The molecule has 0 heterocycles. The van der Waals surface area contributed by atoms with Crippen LogP contribution in [-0.2, 0) is 0 Å². The van der Waals surface area contributed by atoms with Crippen molar-refractivity contribution in [2.24, 2.45) is 5.92 Å². The minimum absolute atomic E-state index is 1.01. The van der Waals surface area contributed by atoms with Crippen LogP contribution >= 0.6 is 11.8 Å². The molecule has 72 valence electrons. The maximum atomic E-state index is 2.34. The molecule has 12 heavy (non-hydrogen) atoms. The van der Waals surface area contributed by atoms with Crippen molar-refractivity contribution in [1.29, 1.82) is 0 Å². The van der Waals surface area contributed by atoms with Crippen LogP contribution < -0.4 is 0 Å². The van der Waals surface area contributed by atoms with Crippen LogP contribution in [0, 0.1) is 5.92 Å². The van der Waals surface area contributed by atoms with Gasteiger partial charge in [-0.25, -0.2) is 0 Å². The SMILES string of the molecule is CCCCC(CC)CSC1CC1. The van der Waals surface area contributed by atoms with Crippen LogP contribution in [0.5, 0.6) is 0 Å². The zero-order chi connectivity index (χ0) is 8.81. The van der Waals surface area contributed by atoms with E-state index in [1.165, 1.54) is 44.3 Å². The van der Waals surface area contributed by atoms with E-state index in [4.69, 9.17) is 0 Å². The second-order valence-electron chi connectivity index (χ2n) is 3.95. The maximum absolute atomic E-state index is 2.34. The van der Waals surface area contributed by atoms with E-state index >= 15 is 0 Å². The highest BCUT2D eigenvalue weighted by Crippen LogP contribution is 2.36. The van der Waals surface area contributed by atoms with Crippen LogP contribution in [0.25, 0.3) is 0 Å². The highest BCUT2D eigenvalue weighted by atomic mass is 32.2. The molecule has 1 heteroatoms. The summed E-state index contributed by atoms with van der Waals surface area (Å²) in [6.07, 6.45) is 8.64. The molecule has 1 fully saturated rings. The molecule has 0 nitrogen and oxygen atoms in total. The Morgan fingerprint density at radius 1 is 1.33 bits per heavy atom. The molecular formula is C11H22S. The number of hydrogen-bond acceptors (Lipinski definition) is 1. The first kappa shape index (κ1) is 10.4. The first-order chi connectivity index (χ1) is 5.86. The predicted molar refractivity (Wildman–Crippen MR) is 58.8 cm³/mol. The Kier molecular flexibility index (Phi) is 5.13. The van der Waals surface area contributed by atoms with Crippen molar-refractivity contribution in [2.45, 2.75) is 57.6 Å². The summed E-state index contributed by atoms with van der Waals surface area (Å²) in [7, 11) is 0. The smallest absolute Gasteiger partial charge is 0.00479 e. The molecule has 0 bridgehead atoms. The van der Waals surface area contributed by atoms with E-state index in [9.17, 15) is 0 Å². The Bertz CT molecular complexity index is 108. The largest absolute Gasteiger partial charge is 0.158 e. The standard InChI is InChI=1S/C11H22S/c1-3-5-6-10(4-2)9-12-11-7-8-11/h10-11H,3-9H2,1-2H3. The van der Waals surface area contributed by atoms with Crippen LogP contribution in [0.1, 0.15) is 52.4 Å². The van der Waals surface area contributed by atoms with Crippen LogP contribution in [0.15, 0.2) is 0 Å². The molecule has 1 saturated carbocycles. The molecule has 0 amide bonds. The summed E-state index contributed by atoms with van der Waals surface area (Å²) in [5, 5.41) is 1.06. The summed E-state index contributed by atoms with van der Waals surface area (Å²) in [5.74, 6) is 2.44. The summed E-state index contributed by atoms with van der Waals surface area (Å²) in [6.45, 7) is 4.63. The first-order valence-electron chi connectivity index (χ1n) is 5.48. The lowest BCUT2D eigenvalue weighted by Gasteiger charge is -2.13. The Hall–Kier alpha value is 0.350. The fraction of sp³-hybridized carbons (Fsp3) is 1.00. The molecule has 0 aromatic carbocycles. The first-order valence-corrected chi connectivity index (χ1v) is 6.53. The third-order valence-electron chi connectivity index (χ3n) is 2.64. The van der Waals surface area contributed by atoms with Gasteiger partial charge in [0.2, 0.25) is 0 Å².